The van der Waals surface area contributed by atoms with Gasteiger partial charge in [0.25, 0.3) is 5.91 Å². The Labute approximate surface area is 167 Å². The molecule has 1 unspecified atom stereocenters. The van der Waals surface area contributed by atoms with Gasteiger partial charge >= 0.3 is 0 Å². The average Bonchev–Trinajstić information content (AvgIpc) is 3.11. The van der Waals surface area contributed by atoms with Crippen LogP contribution in [-0.4, -0.2) is 83.5 Å². The number of amides is 2. The van der Waals surface area contributed by atoms with Crippen molar-refractivity contribution < 1.29 is 14.3 Å². The highest BCUT2D eigenvalue weighted by Gasteiger charge is 2.43. The molecule has 0 radical (unpaired) electrons. The summed E-state index contributed by atoms with van der Waals surface area (Å²) in [6, 6.07) is 6.03. The molecule has 1 aromatic heterocycles. The number of pyridine rings is 1. The third-order valence-electron chi connectivity index (χ3n) is 5.95. The second-order valence-electron chi connectivity index (χ2n) is 8.31. The van der Waals surface area contributed by atoms with Crippen LogP contribution in [0.3, 0.4) is 0 Å². The average molecular weight is 389 g/mol. The summed E-state index contributed by atoms with van der Waals surface area (Å²) in [5.41, 5.74) is 0.861. The molecule has 154 valence electrons. The number of likely N-dealkylation sites (tertiary alicyclic amines) is 1. The molecule has 0 aromatic carbocycles. The van der Waals surface area contributed by atoms with Crippen molar-refractivity contribution in [1.29, 1.82) is 0 Å². The second-order valence-corrected chi connectivity index (χ2v) is 8.31. The highest BCUT2D eigenvalue weighted by atomic mass is 16.5. The van der Waals surface area contributed by atoms with Gasteiger partial charge in [-0.25, -0.2) is 0 Å². The molecule has 2 saturated heterocycles. The number of likely N-dealkylation sites (N-methyl/N-ethyl adjacent to an activating group) is 2. The van der Waals surface area contributed by atoms with Crippen molar-refractivity contribution in [3.8, 4) is 0 Å². The van der Waals surface area contributed by atoms with Gasteiger partial charge in [0, 0.05) is 32.4 Å². The van der Waals surface area contributed by atoms with E-state index in [1.165, 1.54) is 0 Å². The fourth-order valence-corrected chi connectivity index (χ4v) is 3.87. The topological polar surface area (TPSA) is 66.0 Å². The maximum Gasteiger partial charge on any atom is 0.251 e. The summed E-state index contributed by atoms with van der Waals surface area (Å²) < 4.78 is 6.10. The van der Waals surface area contributed by atoms with Crippen LogP contribution in [0.25, 0.3) is 0 Å². The quantitative estimate of drug-likeness (QED) is 0.737. The minimum Gasteiger partial charge on any atom is -0.363 e. The first-order valence-corrected chi connectivity index (χ1v) is 10.1. The SMILES string of the molecule is CC(C)N(C)CC(=O)N1CC[C@H]2CC(C(=O)N(C)Cc3ccccn3)O[C@H]2C1. The Kier molecular flexibility index (Phi) is 6.67. The third-order valence-corrected chi connectivity index (χ3v) is 5.95. The van der Waals surface area contributed by atoms with E-state index in [2.05, 4.69) is 18.8 Å². The normalized spacial score (nSPS) is 24.5. The van der Waals surface area contributed by atoms with Crippen LogP contribution in [0.4, 0.5) is 0 Å². The lowest BCUT2D eigenvalue weighted by molar-refractivity contribution is -0.144. The number of fused-ring (bicyclic) bond motifs is 1. The molecule has 1 aromatic rings. The minimum atomic E-state index is -0.419. The Morgan fingerprint density at radius 3 is 2.79 bits per heavy atom. The van der Waals surface area contributed by atoms with Gasteiger partial charge < -0.3 is 14.5 Å². The highest BCUT2D eigenvalue weighted by molar-refractivity contribution is 5.81. The van der Waals surface area contributed by atoms with Gasteiger partial charge in [-0.05, 0) is 51.8 Å². The maximum atomic E-state index is 12.8. The van der Waals surface area contributed by atoms with E-state index in [-0.39, 0.29) is 17.9 Å². The first-order chi connectivity index (χ1) is 13.3. The summed E-state index contributed by atoms with van der Waals surface area (Å²) in [6.07, 6.45) is 2.91. The van der Waals surface area contributed by atoms with E-state index in [4.69, 9.17) is 4.74 Å². The second kappa shape index (κ2) is 9.01. The van der Waals surface area contributed by atoms with Crippen molar-refractivity contribution in [2.24, 2.45) is 5.92 Å². The lowest BCUT2D eigenvalue weighted by Gasteiger charge is -2.35. The molecule has 3 heterocycles. The number of nitrogens with zero attached hydrogens (tertiary/aromatic N) is 4. The van der Waals surface area contributed by atoms with Gasteiger partial charge in [-0.2, -0.15) is 0 Å². The Morgan fingerprint density at radius 1 is 1.32 bits per heavy atom. The summed E-state index contributed by atoms with van der Waals surface area (Å²) in [4.78, 5) is 35.3. The van der Waals surface area contributed by atoms with Gasteiger partial charge in [-0.15, -0.1) is 0 Å². The van der Waals surface area contributed by atoms with E-state index in [1.807, 2.05) is 35.0 Å². The number of aromatic nitrogens is 1. The molecule has 3 rings (SSSR count). The van der Waals surface area contributed by atoms with Crippen molar-refractivity contribution >= 4 is 11.8 Å². The molecule has 0 N–H and O–H groups in total. The molecular weight excluding hydrogens is 356 g/mol. The van der Waals surface area contributed by atoms with E-state index in [0.717, 1.165) is 25.1 Å². The van der Waals surface area contributed by atoms with Crippen molar-refractivity contribution in [2.45, 2.75) is 51.5 Å². The van der Waals surface area contributed by atoms with Crippen LogP contribution in [0.1, 0.15) is 32.4 Å². The molecule has 0 spiro atoms. The molecule has 0 aliphatic carbocycles. The molecule has 7 heteroatoms. The zero-order chi connectivity index (χ0) is 20.3. The Balaban J connectivity index is 1.52. The molecule has 0 saturated carbocycles. The van der Waals surface area contributed by atoms with Crippen LogP contribution in [0.2, 0.25) is 0 Å². The van der Waals surface area contributed by atoms with Gasteiger partial charge in [0.05, 0.1) is 24.9 Å². The number of rotatable bonds is 6. The number of hydrogen-bond acceptors (Lipinski definition) is 5. The molecule has 2 aliphatic heterocycles. The summed E-state index contributed by atoms with van der Waals surface area (Å²) in [7, 11) is 3.76. The highest BCUT2D eigenvalue weighted by Crippen LogP contribution is 2.34. The van der Waals surface area contributed by atoms with Crippen molar-refractivity contribution in [2.75, 3.05) is 33.7 Å². The summed E-state index contributed by atoms with van der Waals surface area (Å²) in [5.74, 6) is 0.488. The maximum absolute atomic E-state index is 12.8. The lowest BCUT2D eigenvalue weighted by Crippen LogP contribution is -2.49. The van der Waals surface area contributed by atoms with Gasteiger partial charge in [-0.3, -0.25) is 19.5 Å². The summed E-state index contributed by atoms with van der Waals surface area (Å²) >= 11 is 0. The largest absolute Gasteiger partial charge is 0.363 e. The smallest absolute Gasteiger partial charge is 0.251 e. The van der Waals surface area contributed by atoms with E-state index in [1.54, 1.807) is 18.1 Å². The van der Waals surface area contributed by atoms with Crippen LogP contribution >= 0.6 is 0 Å². The molecule has 28 heavy (non-hydrogen) atoms. The van der Waals surface area contributed by atoms with Crippen LogP contribution in [-0.2, 0) is 20.9 Å². The molecular formula is C21H32N4O3. The van der Waals surface area contributed by atoms with Crippen molar-refractivity contribution in [1.82, 2.24) is 19.7 Å². The van der Waals surface area contributed by atoms with Gasteiger partial charge in [0.15, 0.2) is 0 Å². The molecule has 3 atom stereocenters. The van der Waals surface area contributed by atoms with Crippen molar-refractivity contribution in [3.05, 3.63) is 30.1 Å². The number of carbonyl (C=O) groups is 2. The van der Waals surface area contributed by atoms with Crippen LogP contribution < -0.4 is 0 Å². The number of carbonyl (C=O) groups excluding carboxylic acids is 2. The molecule has 0 bridgehead atoms. The number of piperidine rings is 1. The standard InChI is InChI=1S/C21H32N4O3/c1-15(2)23(3)14-20(26)25-10-8-16-11-18(28-19(16)13-25)21(27)24(4)12-17-7-5-6-9-22-17/h5-7,9,15-16,18-19H,8,10-14H2,1-4H3/t16-,18?,19-/m0/s1. The zero-order valence-electron chi connectivity index (χ0n) is 17.4. The van der Waals surface area contributed by atoms with Crippen molar-refractivity contribution in [3.63, 3.8) is 0 Å². The van der Waals surface area contributed by atoms with Crippen LogP contribution in [0.15, 0.2) is 24.4 Å². The van der Waals surface area contributed by atoms with Gasteiger partial charge in [-0.1, -0.05) is 6.07 Å². The summed E-state index contributed by atoms with van der Waals surface area (Å²) in [6.45, 7) is 6.39. The Morgan fingerprint density at radius 2 is 2.11 bits per heavy atom. The predicted molar refractivity (Wildman–Crippen MR) is 106 cm³/mol. The Bertz CT molecular complexity index is 681. The van der Waals surface area contributed by atoms with E-state index < -0.39 is 6.10 Å². The van der Waals surface area contributed by atoms with Gasteiger partial charge in [0.2, 0.25) is 5.91 Å². The third kappa shape index (κ3) is 4.89. The molecule has 7 nitrogen and oxygen atoms in total. The number of ether oxygens (including phenoxy) is 1. The first-order valence-electron chi connectivity index (χ1n) is 10.1. The number of hydrogen-bond donors (Lipinski definition) is 0. The van der Waals surface area contributed by atoms with E-state index in [0.29, 0.717) is 31.6 Å². The monoisotopic (exact) mass is 388 g/mol. The fraction of sp³-hybridized carbons (Fsp3) is 0.667. The van der Waals surface area contributed by atoms with E-state index >= 15 is 0 Å². The first kappa shape index (κ1) is 20.7. The Hall–Kier alpha value is -1.99. The van der Waals surface area contributed by atoms with Gasteiger partial charge in [0.1, 0.15) is 6.10 Å². The zero-order valence-corrected chi connectivity index (χ0v) is 17.4. The predicted octanol–water partition coefficient (Wildman–Crippen LogP) is 1.39. The van der Waals surface area contributed by atoms with Crippen LogP contribution in [0, 0.1) is 5.92 Å². The molecule has 2 amide bonds. The van der Waals surface area contributed by atoms with Crippen LogP contribution in [0.5, 0.6) is 0 Å². The summed E-state index contributed by atoms with van der Waals surface area (Å²) in [5, 5.41) is 0. The molecule has 2 aliphatic rings. The lowest BCUT2D eigenvalue weighted by atomic mass is 9.91. The molecule has 2 fully saturated rings. The minimum absolute atomic E-state index is 0.00234. The van der Waals surface area contributed by atoms with E-state index in [9.17, 15) is 9.59 Å². The fourth-order valence-electron chi connectivity index (χ4n) is 3.87.